The van der Waals surface area contributed by atoms with E-state index in [1.807, 2.05) is 30.5 Å². The number of nitrogens with zero attached hydrogens (tertiary/aromatic N) is 3. The Morgan fingerprint density at radius 1 is 1.37 bits per heavy atom. The van der Waals surface area contributed by atoms with Gasteiger partial charge in [-0.15, -0.1) is 11.8 Å². The number of aromatic nitrogens is 3. The molecule has 0 aliphatic rings. The van der Waals surface area contributed by atoms with Gasteiger partial charge in [0.2, 0.25) is 0 Å². The van der Waals surface area contributed by atoms with Crippen molar-refractivity contribution in [3.63, 3.8) is 0 Å². The van der Waals surface area contributed by atoms with Gasteiger partial charge in [0.15, 0.2) is 5.82 Å². The Morgan fingerprint density at radius 2 is 2.11 bits per heavy atom. The van der Waals surface area contributed by atoms with Crippen LogP contribution in [-0.4, -0.2) is 27.7 Å². The Morgan fingerprint density at radius 3 is 2.79 bits per heavy atom. The average Bonchev–Trinajstić information content (AvgIpc) is 2.43. The molecule has 2 rings (SSSR count). The quantitative estimate of drug-likeness (QED) is 0.503. The number of hydrogen-bond donors (Lipinski definition) is 2. The molecule has 1 heterocycles. The SMILES string of the molecule is CSc1ccc(C=NNc2nc(=O)[nH]nc2C)cc1. The van der Waals surface area contributed by atoms with Crippen molar-refractivity contribution in [2.24, 2.45) is 5.10 Å². The molecule has 2 N–H and O–H groups in total. The normalized spacial score (nSPS) is 10.8. The van der Waals surface area contributed by atoms with E-state index in [1.54, 1.807) is 24.9 Å². The number of hydrazone groups is 1. The molecule has 7 heteroatoms. The smallest absolute Gasteiger partial charge is 0.260 e. The van der Waals surface area contributed by atoms with Crippen LogP contribution in [0.4, 0.5) is 5.82 Å². The Kier molecular flexibility index (Phi) is 4.30. The van der Waals surface area contributed by atoms with Gasteiger partial charge in [-0.2, -0.15) is 15.2 Å². The number of H-pyrrole nitrogens is 1. The van der Waals surface area contributed by atoms with Gasteiger partial charge < -0.3 is 0 Å². The average molecular weight is 275 g/mol. The van der Waals surface area contributed by atoms with Crippen LogP contribution < -0.4 is 11.1 Å². The van der Waals surface area contributed by atoms with Gasteiger partial charge in [-0.1, -0.05) is 12.1 Å². The van der Waals surface area contributed by atoms with Gasteiger partial charge in [0, 0.05) is 4.90 Å². The molecular formula is C12H13N5OS. The number of thioether (sulfide) groups is 1. The van der Waals surface area contributed by atoms with Crippen molar-refractivity contribution in [3.8, 4) is 0 Å². The maximum Gasteiger partial charge on any atom is 0.363 e. The molecular weight excluding hydrogens is 262 g/mol. The molecule has 0 bridgehead atoms. The van der Waals surface area contributed by atoms with Crippen LogP contribution in [0.1, 0.15) is 11.3 Å². The highest BCUT2D eigenvalue weighted by Gasteiger charge is 1.99. The molecule has 2 aromatic rings. The molecule has 1 aromatic carbocycles. The second kappa shape index (κ2) is 6.14. The van der Waals surface area contributed by atoms with Gasteiger partial charge in [0.05, 0.1) is 6.21 Å². The van der Waals surface area contributed by atoms with Crippen LogP contribution in [0.5, 0.6) is 0 Å². The van der Waals surface area contributed by atoms with Crippen molar-refractivity contribution in [1.29, 1.82) is 0 Å². The minimum Gasteiger partial charge on any atom is -0.260 e. The second-order valence-electron chi connectivity index (χ2n) is 3.72. The zero-order chi connectivity index (χ0) is 13.7. The predicted molar refractivity (Wildman–Crippen MR) is 76.8 cm³/mol. The zero-order valence-electron chi connectivity index (χ0n) is 10.5. The first-order valence-corrected chi connectivity index (χ1v) is 6.78. The van der Waals surface area contributed by atoms with Crippen LogP contribution in [0.25, 0.3) is 0 Å². The third kappa shape index (κ3) is 3.65. The Bertz CT molecular complexity index is 635. The zero-order valence-corrected chi connectivity index (χ0v) is 11.4. The number of nitrogens with one attached hydrogen (secondary N) is 2. The first kappa shape index (κ1) is 13.3. The minimum atomic E-state index is -0.507. The lowest BCUT2D eigenvalue weighted by atomic mass is 10.2. The molecule has 0 aliphatic heterocycles. The van der Waals surface area contributed by atoms with E-state index >= 15 is 0 Å². The summed E-state index contributed by atoms with van der Waals surface area (Å²) in [6, 6.07) is 7.97. The van der Waals surface area contributed by atoms with Crippen LogP contribution in [0.2, 0.25) is 0 Å². The standard InChI is InChI=1S/C12H13N5OS/c1-8-11(14-12(18)17-15-8)16-13-7-9-3-5-10(19-2)6-4-9/h3-7H,1-2H3,(H2,14,16,17,18). The topological polar surface area (TPSA) is 83.0 Å². The van der Waals surface area contributed by atoms with E-state index in [2.05, 4.69) is 25.7 Å². The molecule has 0 saturated carbocycles. The molecule has 1 aromatic heterocycles. The molecule has 0 atom stereocenters. The van der Waals surface area contributed by atoms with Crippen molar-refractivity contribution in [2.75, 3.05) is 11.7 Å². The van der Waals surface area contributed by atoms with Crippen molar-refractivity contribution >= 4 is 23.8 Å². The summed E-state index contributed by atoms with van der Waals surface area (Å²) in [5.74, 6) is 0.348. The third-order valence-electron chi connectivity index (χ3n) is 2.38. The van der Waals surface area contributed by atoms with Crippen LogP contribution in [-0.2, 0) is 0 Å². The Balaban J connectivity index is 2.06. The summed E-state index contributed by atoms with van der Waals surface area (Å²) in [4.78, 5) is 15.9. The minimum absolute atomic E-state index is 0.348. The van der Waals surface area contributed by atoms with Crippen LogP contribution in [0.3, 0.4) is 0 Å². The van der Waals surface area contributed by atoms with Crippen molar-refractivity contribution in [2.45, 2.75) is 11.8 Å². The number of aryl methyl sites for hydroxylation is 1. The fraction of sp³-hybridized carbons (Fsp3) is 0.167. The van der Waals surface area contributed by atoms with Gasteiger partial charge in [0.1, 0.15) is 5.69 Å². The van der Waals surface area contributed by atoms with Gasteiger partial charge in [-0.05, 0) is 30.9 Å². The molecule has 98 valence electrons. The second-order valence-corrected chi connectivity index (χ2v) is 4.60. The highest BCUT2D eigenvalue weighted by molar-refractivity contribution is 7.98. The van der Waals surface area contributed by atoms with E-state index in [4.69, 9.17) is 0 Å². The van der Waals surface area contributed by atoms with E-state index in [0.717, 1.165) is 5.56 Å². The maximum absolute atomic E-state index is 11.0. The molecule has 0 aliphatic carbocycles. The number of anilines is 1. The van der Waals surface area contributed by atoms with Gasteiger partial charge in [0.25, 0.3) is 0 Å². The van der Waals surface area contributed by atoms with Crippen molar-refractivity contribution < 1.29 is 0 Å². The summed E-state index contributed by atoms with van der Waals surface area (Å²) in [6.07, 6.45) is 3.69. The van der Waals surface area contributed by atoms with Crippen LogP contribution in [0.15, 0.2) is 39.1 Å². The molecule has 0 radical (unpaired) electrons. The van der Waals surface area contributed by atoms with Crippen molar-refractivity contribution in [3.05, 3.63) is 46.0 Å². The first-order valence-electron chi connectivity index (χ1n) is 5.55. The van der Waals surface area contributed by atoms with E-state index in [9.17, 15) is 4.79 Å². The number of benzene rings is 1. The summed E-state index contributed by atoms with van der Waals surface area (Å²) in [5, 5.41) is 10.1. The van der Waals surface area contributed by atoms with E-state index in [-0.39, 0.29) is 0 Å². The lowest BCUT2D eigenvalue weighted by molar-refractivity contribution is 0.879. The Hall–Kier alpha value is -2.15. The number of hydrogen-bond acceptors (Lipinski definition) is 6. The van der Waals surface area contributed by atoms with Gasteiger partial charge >= 0.3 is 5.69 Å². The highest BCUT2D eigenvalue weighted by Crippen LogP contribution is 2.14. The van der Waals surface area contributed by atoms with E-state index in [0.29, 0.717) is 11.5 Å². The molecule has 0 spiro atoms. The number of rotatable bonds is 4. The Labute approximate surface area is 114 Å². The molecule has 0 saturated heterocycles. The first-order chi connectivity index (χ1) is 9.19. The molecule has 0 unspecified atom stereocenters. The summed E-state index contributed by atoms with van der Waals surface area (Å²) in [7, 11) is 0. The van der Waals surface area contributed by atoms with Gasteiger partial charge in [-0.3, -0.25) is 5.43 Å². The van der Waals surface area contributed by atoms with Crippen LogP contribution >= 0.6 is 11.8 Å². The highest BCUT2D eigenvalue weighted by atomic mass is 32.2. The predicted octanol–water partition coefficient (Wildman–Crippen LogP) is 1.64. The third-order valence-corrected chi connectivity index (χ3v) is 3.12. The lowest BCUT2D eigenvalue weighted by Crippen LogP contribution is -2.15. The summed E-state index contributed by atoms with van der Waals surface area (Å²) >= 11 is 1.69. The van der Waals surface area contributed by atoms with Crippen molar-refractivity contribution in [1.82, 2.24) is 15.2 Å². The maximum atomic E-state index is 11.0. The monoisotopic (exact) mass is 275 g/mol. The number of aromatic amines is 1. The molecule has 0 fully saturated rings. The summed E-state index contributed by atoms with van der Waals surface area (Å²) in [6.45, 7) is 1.73. The summed E-state index contributed by atoms with van der Waals surface area (Å²) < 4.78 is 0. The fourth-order valence-electron chi connectivity index (χ4n) is 1.36. The lowest BCUT2D eigenvalue weighted by Gasteiger charge is -2.00. The largest absolute Gasteiger partial charge is 0.363 e. The van der Waals surface area contributed by atoms with Gasteiger partial charge in [-0.25, -0.2) is 9.89 Å². The van der Waals surface area contributed by atoms with E-state index < -0.39 is 5.69 Å². The molecule has 19 heavy (non-hydrogen) atoms. The summed E-state index contributed by atoms with van der Waals surface area (Å²) in [5.41, 5.74) is 3.73. The molecule has 0 amide bonds. The van der Waals surface area contributed by atoms with Crippen LogP contribution in [0, 0.1) is 6.92 Å². The van der Waals surface area contributed by atoms with E-state index in [1.165, 1.54) is 4.90 Å². The fourth-order valence-corrected chi connectivity index (χ4v) is 1.76. The molecule has 6 nitrogen and oxygen atoms in total.